The Morgan fingerprint density at radius 3 is 2.64 bits per heavy atom. The highest BCUT2D eigenvalue weighted by Crippen LogP contribution is 2.21. The highest BCUT2D eigenvalue weighted by molar-refractivity contribution is 7.99. The highest BCUT2D eigenvalue weighted by Gasteiger charge is 2.13. The van der Waals surface area contributed by atoms with E-state index in [9.17, 15) is 4.79 Å². The molecule has 2 aromatic heterocycles. The zero-order chi connectivity index (χ0) is 17.8. The number of nitrogens with one attached hydrogen (secondary N) is 1. The van der Waals surface area contributed by atoms with Crippen LogP contribution in [0.2, 0.25) is 0 Å². The molecule has 0 aliphatic heterocycles. The SMILES string of the molecule is CCc1nnc(NC(=O)CSc2nnnn2-c2cc(C)cc(C)c2)s1. The maximum Gasteiger partial charge on any atom is 0.236 e. The Kier molecular flexibility index (Phi) is 5.39. The molecule has 0 radical (unpaired) electrons. The Morgan fingerprint density at radius 1 is 1.20 bits per heavy atom. The monoisotopic (exact) mass is 375 g/mol. The molecule has 0 unspecified atom stereocenters. The second-order valence-electron chi connectivity index (χ2n) is 5.41. The molecule has 8 nitrogen and oxygen atoms in total. The number of benzene rings is 1. The smallest absolute Gasteiger partial charge is 0.236 e. The average Bonchev–Trinajstić information content (AvgIpc) is 3.20. The first kappa shape index (κ1) is 17.5. The fourth-order valence-electron chi connectivity index (χ4n) is 2.24. The first-order chi connectivity index (χ1) is 12.0. The van der Waals surface area contributed by atoms with Crippen LogP contribution in [-0.4, -0.2) is 42.1 Å². The summed E-state index contributed by atoms with van der Waals surface area (Å²) < 4.78 is 1.64. The lowest BCUT2D eigenvalue weighted by Gasteiger charge is -2.06. The number of rotatable bonds is 6. The Balaban J connectivity index is 1.66. The van der Waals surface area contributed by atoms with E-state index in [1.807, 2.05) is 32.9 Å². The van der Waals surface area contributed by atoms with Gasteiger partial charge in [0.1, 0.15) is 5.01 Å². The van der Waals surface area contributed by atoms with Gasteiger partial charge in [-0.1, -0.05) is 36.1 Å². The van der Waals surface area contributed by atoms with Gasteiger partial charge in [0.2, 0.25) is 16.2 Å². The van der Waals surface area contributed by atoms with E-state index in [4.69, 9.17) is 0 Å². The van der Waals surface area contributed by atoms with Crippen molar-refractivity contribution in [2.75, 3.05) is 11.1 Å². The molecular weight excluding hydrogens is 358 g/mol. The van der Waals surface area contributed by atoms with Crippen molar-refractivity contribution in [3.8, 4) is 5.69 Å². The number of anilines is 1. The lowest BCUT2D eigenvalue weighted by molar-refractivity contribution is -0.113. The summed E-state index contributed by atoms with van der Waals surface area (Å²) in [6.07, 6.45) is 0.799. The molecule has 0 saturated carbocycles. The molecule has 0 spiro atoms. The topological polar surface area (TPSA) is 98.5 Å². The quantitative estimate of drug-likeness (QED) is 0.661. The number of hydrogen-bond donors (Lipinski definition) is 1. The maximum atomic E-state index is 12.1. The molecule has 0 aliphatic carbocycles. The van der Waals surface area contributed by atoms with Crippen LogP contribution >= 0.6 is 23.1 Å². The van der Waals surface area contributed by atoms with Crippen molar-refractivity contribution in [2.24, 2.45) is 0 Å². The summed E-state index contributed by atoms with van der Waals surface area (Å²) in [5, 5.41) is 24.4. The molecule has 0 bridgehead atoms. The first-order valence-corrected chi connectivity index (χ1v) is 9.47. The molecule has 1 N–H and O–H groups in total. The third-order valence-electron chi connectivity index (χ3n) is 3.24. The summed E-state index contributed by atoms with van der Waals surface area (Å²) in [4.78, 5) is 12.1. The number of aryl methyl sites for hydroxylation is 3. The third-order valence-corrected chi connectivity index (χ3v) is 5.14. The summed E-state index contributed by atoms with van der Waals surface area (Å²) >= 11 is 2.65. The fraction of sp³-hybridized carbons (Fsp3) is 0.333. The zero-order valence-electron chi connectivity index (χ0n) is 14.1. The Labute approximate surface area is 153 Å². The molecule has 130 valence electrons. The predicted molar refractivity (Wildman–Crippen MR) is 97.3 cm³/mol. The Hall–Kier alpha value is -2.33. The van der Waals surface area contributed by atoms with Crippen molar-refractivity contribution in [3.05, 3.63) is 34.3 Å². The van der Waals surface area contributed by atoms with Crippen LogP contribution in [0.5, 0.6) is 0 Å². The van der Waals surface area contributed by atoms with Gasteiger partial charge in [-0.25, -0.2) is 0 Å². The number of amides is 1. The second kappa shape index (κ2) is 7.70. The molecular formula is C15H17N7OS2. The summed E-state index contributed by atoms with van der Waals surface area (Å²) in [6, 6.07) is 6.09. The number of tetrazole rings is 1. The molecule has 0 aliphatic rings. The lowest BCUT2D eigenvalue weighted by atomic mass is 10.1. The van der Waals surface area contributed by atoms with Crippen LogP contribution in [0.25, 0.3) is 5.69 Å². The van der Waals surface area contributed by atoms with Gasteiger partial charge in [-0.05, 0) is 54.0 Å². The van der Waals surface area contributed by atoms with Gasteiger partial charge in [-0.2, -0.15) is 4.68 Å². The van der Waals surface area contributed by atoms with Gasteiger partial charge in [0.15, 0.2) is 0 Å². The van der Waals surface area contributed by atoms with Gasteiger partial charge in [0.25, 0.3) is 0 Å². The van der Waals surface area contributed by atoms with Crippen molar-refractivity contribution in [3.63, 3.8) is 0 Å². The number of thioether (sulfide) groups is 1. The molecule has 0 saturated heterocycles. The molecule has 3 aromatic rings. The molecule has 10 heteroatoms. The van der Waals surface area contributed by atoms with E-state index in [0.717, 1.165) is 28.2 Å². The van der Waals surface area contributed by atoms with Crippen molar-refractivity contribution in [1.82, 2.24) is 30.4 Å². The third kappa shape index (κ3) is 4.40. The minimum atomic E-state index is -0.168. The van der Waals surface area contributed by atoms with Gasteiger partial charge in [0.05, 0.1) is 11.4 Å². The first-order valence-electron chi connectivity index (χ1n) is 7.67. The molecule has 2 heterocycles. The van der Waals surface area contributed by atoms with Gasteiger partial charge in [0, 0.05) is 0 Å². The van der Waals surface area contributed by atoms with E-state index < -0.39 is 0 Å². The number of carbonyl (C=O) groups is 1. The molecule has 1 amide bonds. The number of carbonyl (C=O) groups excluding carboxylic acids is 1. The van der Waals surface area contributed by atoms with E-state index in [0.29, 0.717) is 10.3 Å². The molecule has 1 aromatic carbocycles. The summed E-state index contributed by atoms with van der Waals surface area (Å²) in [5.74, 6) is 0.0189. The Bertz CT molecular complexity index is 869. The number of hydrogen-bond acceptors (Lipinski definition) is 8. The largest absolute Gasteiger partial charge is 0.300 e. The lowest BCUT2D eigenvalue weighted by Crippen LogP contribution is -2.14. The van der Waals surface area contributed by atoms with Crippen molar-refractivity contribution in [2.45, 2.75) is 32.3 Å². The molecule has 0 atom stereocenters. The van der Waals surface area contributed by atoms with Crippen LogP contribution in [0.3, 0.4) is 0 Å². The van der Waals surface area contributed by atoms with E-state index in [2.05, 4.69) is 37.1 Å². The molecule has 25 heavy (non-hydrogen) atoms. The standard InChI is InChI=1S/C15H17N7OS2/c1-4-13-17-18-14(25-13)16-12(23)8-24-15-19-20-21-22(15)11-6-9(2)5-10(3)7-11/h5-7H,4,8H2,1-3H3,(H,16,18,23). The average molecular weight is 375 g/mol. The minimum absolute atomic E-state index is 0.168. The maximum absolute atomic E-state index is 12.1. The number of nitrogens with zero attached hydrogens (tertiary/aromatic N) is 6. The van der Waals surface area contributed by atoms with Crippen molar-refractivity contribution in [1.29, 1.82) is 0 Å². The van der Waals surface area contributed by atoms with Crippen molar-refractivity contribution < 1.29 is 4.79 Å². The van der Waals surface area contributed by atoms with E-state index >= 15 is 0 Å². The highest BCUT2D eigenvalue weighted by atomic mass is 32.2. The fourth-order valence-corrected chi connectivity index (χ4v) is 3.62. The van der Waals surface area contributed by atoms with Crippen LogP contribution in [-0.2, 0) is 11.2 Å². The second-order valence-corrected chi connectivity index (χ2v) is 7.42. The predicted octanol–water partition coefficient (Wildman–Crippen LogP) is 2.42. The zero-order valence-corrected chi connectivity index (χ0v) is 15.7. The van der Waals surface area contributed by atoms with E-state index in [-0.39, 0.29) is 11.7 Å². The van der Waals surface area contributed by atoms with Gasteiger partial charge >= 0.3 is 0 Å². The van der Waals surface area contributed by atoms with Gasteiger partial charge in [-0.3, -0.25) is 10.1 Å². The van der Waals surface area contributed by atoms with E-state index in [1.54, 1.807) is 4.68 Å². The summed E-state index contributed by atoms with van der Waals surface area (Å²) in [5.41, 5.74) is 3.13. The van der Waals surface area contributed by atoms with Crippen LogP contribution < -0.4 is 5.32 Å². The normalized spacial score (nSPS) is 10.8. The Morgan fingerprint density at radius 2 is 1.96 bits per heavy atom. The summed E-state index contributed by atoms with van der Waals surface area (Å²) in [7, 11) is 0. The van der Waals surface area contributed by atoms with Crippen LogP contribution in [0.4, 0.5) is 5.13 Å². The summed E-state index contributed by atoms with van der Waals surface area (Å²) in [6.45, 7) is 6.04. The molecule has 3 rings (SSSR count). The minimum Gasteiger partial charge on any atom is -0.300 e. The van der Waals surface area contributed by atoms with Gasteiger partial charge in [-0.15, -0.1) is 15.3 Å². The van der Waals surface area contributed by atoms with Crippen LogP contribution in [0, 0.1) is 13.8 Å². The number of aromatic nitrogens is 6. The van der Waals surface area contributed by atoms with Crippen molar-refractivity contribution >= 4 is 34.1 Å². The van der Waals surface area contributed by atoms with Crippen LogP contribution in [0.15, 0.2) is 23.4 Å². The van der Waals surface area contributed by atoms with E-state index in [1.165, 1.54) is 23.1 Å². The van der Waals surface area contributed by atoms with Crippen LogP contribution in [0.1, 0.15) is 23.1 Å². The molecule has 0 fully saturated rings. The van der Waals surface area contributed by atoms with Gasteiger partial charge < -0.3 is 0 Å².